The van der Waals surface area contributed by atoms with Crippen molar-refractivity contribution < 1.29 is 9.21 Å². The zero-order chi connectivity index (χ0) is 18.1. The molecule has 0 unspecified atom stereocenters. The van der Waals surface area contributed by atoms with Gasteiger partial charge in [-0.25, -0.2) is 4.98 Å². The van der Waals surface area contributed by atoms with Crippen molar-refractivity contribution in [1.29, 1.82) is 0 Å². The quantitative estimate of drug-likeness (QED) is 0.512. The molecule has 26 heavy (non-hydrogen) atoms. The smallest absolute Gasteiger partial charge is 0.272 e. The van der Waals surface area contributed by atoms with Gasteiger partial charge in [0.2, 0.25) is 0 Å². The summed E-state index contributed by atoms with van der Waals surface area (Å²) >= 11 is 0. The number of rotatable bonds is 5. The predicted octanol–water partition coefficient (Wildman–Crippen LogP) is 3.67. The van der Waals surface area contributed by atoms with E-state index in [1.165, 1.54) is 0 Å². The number of aromatic amines is 2. The van der Waals surface area contributed by atoms with Crippen molar-refractivity contribution in [3.8, 4) is 11.5 Å². The van der Waals surface area contributed by atoms with E-state index >= 15 is 0 Å². The van der Waals surface area contributed by atoms with Crippen LogP contribution in [0.3, 0.4) is 0 Å². The number of fused-ring (bicyclic) bond motifs is 1. The molecule has 1 atom stereocenters. The molecule has 132 valence electrons. The minimum absolute atomic E-state index is 0.156. The van der Waals surface area contributed by atoms with Crippen LogP contribution < -0.4 is 5.32 Å². The largest absolute Gasteiger partial charge is 0.463 e. The zero-order valence-corrected chi connectivity index (χ0v) is 14.5. The topological polar surface area (TPSA) is 99.6 Å². The molecule has 0 aliphatic carbocycles. The highest BCUT2D eigenvalue weighted by Crippen LogP contribution is 2.23. The van der Waals surface area contributed by atoms with E-state index < -0.39 is 0 Å². The second-order valence-corrected chi connectivity index (χ2v) is 6.48. The minimum Gasteiger partial charge on any atom is -0.463 e. The number of benzene rings is 1. The number of H-pyrrole nitrogens is 2. The summed E-state index contributed by atoms with van der Waals surface area (Å²) in [5.41, 5.74) is 2.78. The lowest BCUT2D eigenvalue weighted by atomic mass is 10.0. The Morgan fingerprint density at radius 3 is 2.77 bits per heavy atom. The fourth-order valence-corrected chi connectivity index (χ4v) is 2.88. The maximum Gasteiger partial charge on any atom is 0.272 e. The molecule has 0 saturated carbocycles. The first-order valence-corrected chi connectivity index (χ1v) is 8.46. The van der Waals surface area contributed by atoms with Crippen molar-refractivity contribution in [2.24, 2.45) is 5.92 Å². The Balaban J connectivity index is 1.57. The van der Waals surface area contributed by atoms with Gasteiger partial charge in [-0.15, -0.1) is 0 Å². The van der Waals surface area contributed by atoms with Crippen LogP contribution in [-0.4, -0.2) is 26.1 Å². The number of aromatic nitrogens is 4. The molecule has 0 bridgehead atoms. The number of carbonyl (C=O) groups is 1. The van der Waals surface area contributed by atoms with Crippen molar-refractivity contribution in [3.63, 3.8) is 0 Å². The predicted molar refractivity (Wildman–Crippen MR) is 97.4 cm³/mol. The van der Waals surface area contributed by atoms with E-state index in [4.69, 9.17) is 4.42 Å². The lowest BCUT2D eigenvalue weighted by Gasteiger charge is -2.19. The number of carbonyl (C=O) groups excluding carboxylic acids is 1. The molecule has 0 spiro atoms. The maximum absolute atomic E-state index is 12.7. The Hall–Kier alpha value is -3.35. The molecule has 7 heteroatoms. The Kier molecular flexibility index (Phi) is 4.04. The lowest BCUT2D eigenvalue weighted by Crippen LogP contribution is -2.32. The van der Waals surface area contributed by atoms with Crippen molar-refractivity contribution in [2.45, 2.75) is 19.9 Å². The normalized spacial score (nSPS) is 12.6. The van der Waals surface area contributed by atoms with Gasteiger partial charge >= 0.3 is 0 Å². The number of nitrogens with zero attached hydrogens (tertiary/aromatic N) is 2. The molecule has 1 amide bonds. The molecule has 3 aromatic heterocycles. The summed E-state index contributed by atoms with van der Waals surface area (Å²) in [6, 6.07) is 12.8. The number of hydrogen-bond acceptors (Lipinski definition) is 4. The van der Waals surface area contributed by atoms with Gasteiger partial charge in [-0.3, -0.25) is 9.89 Å². The summed E-state index contributed by atoms with van der Waals surface area (Å²) in [5, 5.41) is 9.94. The number of nitrogens with one attached hydrogen (secondary N) is 3. The molecule has 4 rings (SSSR count). The molecule has 0 radical (unpaired) electrons. The van der Waals surface area contributed by atoms with Gasteiger partial charge < -0.3 is 14.7 Å². The highest BCUT2D eigenvalue weighted by atomic mass is 16.3. The van der Waals surface area contributed by atoms with Crippen LogP contribution in [0.4, 0.5) is 0 Å². The van der Waals surface area contributed by atoms with Gasteiger partial charge in [0.05, 0.1) is 23.3 Å². The van der Waals surface area contributed by atoms with Gasteiger partial charge in [-0.1, -0.05) is 26.0 Å². The van der Waals surface area contributed by atoms with Crippen LogP contribution in [0, 0.1) is 5.92 Å². The fraction of sp³-hybridized carbons (Fsp3) is 0.211. The average molecular weight is 349 g/mol. The summed E-state index contributed by atoms with van der Waals surface area (Å²) in [6.07, 6.45) is 1.58. The Morgan fingerprint density at radius 2 is 2.04 bits per heavy atom. The molecular weight excluding hydrogens is 330 g/mol. The molecule has 4 aromatic rings. The second-order valence-electron chi connectivity index (χ2n) is 6.48. The highest BCUT2D eigenvalue weighted by Gasteiger charge is 2.23. The monoisotopic (exact) mass is 349 g/mol. The van der Waals surface area contributed by atoms with Crippen LogP contribution in [0.1, 0.15) is 36.2 Å². The van der Waals surface area contributed by atoms with E-state index in [1.54, 1.807) is 24.5 Å². The molecule has 1 aromatic carbocycles. The molecule has 0 fully saturated rings. The van der Waals surface area contributed by atoms with Crippen molar-refractivity contribution >= 4 is 16.9 Å². The molecule has 0 aliphatic rings. The lowest BCUT2D eigenvalue weighted by molar-refractivity contribution is 0.0918. The van der Waals surface area contributed by atoms with Gasteiger partial charge in [-0.05, 0) is 30.2 Å². The van der Waals surface area contributed by atoms with E-state index in [0.29, 0.717) is 17.1 Å². The van der Waals surface area contributed by atoms with Gasteiger partial charge in [0.1, 0.15) is 11.5 Å². The summed E-state index contributed by atoms with van der Waals surface area (Å²) in [6.45, 7) is 4.08. The highest BCUT2D eigenvalue weighted by molar-refractivity contribution is 5.93. The standard InChI is InChI=1S/C19H19N5O2/c1-11(2)17(18-20-12-6-3-4-7-13(12)21-18)22-19(25)15-10-14(23-24-15)16-8-5-9-26-16/h3-11,17H,1-2H3,(H,20,21)(H,22,25)(H,23,24)/t17-/m1/s1. The Labute approximate surface area is 149 Å². The molecule has 0 saturated heterocycles. The number of para-hydroxylation sites is 2. The molecule has 7 nitrogen and oxygen atoms in total. The van der Waals surface area contributed by atoms with E-state index in [-0.39, 0.29) is 17.9 Å². The van der Waals surface area contributed by atoms with E-state index in [2.05, 4.69) is 25.5 Å². The van der Waals surface area contributed by atoms with Crippen molar-refractivity contribution in [1.82, 2.24) is 25.5 Å². The van der Waals surface area contributed by atoms with E-state index in [0.717, 1.165) is 16.9 Å². The molecule has 0 aliphatic heterocycles. The molecule has 3 heterocycles. The van der Waals surface area contributed by atoms with Crippen LogP contribution in [0.5, 0.6) is 0 Å². The van der Waals surface area contributed by atoms with Crippen LogP contribution >= 0.6 is 0 Å². The third kappa shape index (κ3) is 2.99. The Morgan fingerprint density at radius 1 is 1.19 bits per heavy atom. The van der Waals surface area contributed by atoms with E-state index in [1.807, 2.05) is 38.1 Å². The maximum atomic E-state index is 12.7. The fourth-order valence-electron chi connectivity index (χ4n) is 2.88. The third-order valence-electron chi connectivity index (χ3n) is 4.25. The molecular formula is C19H19N5O2. The van der Waals surface area contributed by atoms with E-state index in [9.17, 15) is 4.79 Å². The number of hydrogen-bond donors (Lipinski definition) is 3. The van der Waals surface area contributed by atoms with Gasteiger partial charge in [0.15, 0.2) is 11.5 Å². The van der Waals surface area contributed by atoms with Gasteiger partial charge in [0.25, 0.3) is 5.91 Å². The first-order valence-electron chi connectivity index (χ1n) is 8.46. The minimum atomic E-state index is -0.266. The van der Waals surface area contributed by atoms with Crippen LogP contribution in [0.25, 0.3) is 22.5 Å². The van der Waals surface area contributed by atoms with Crippen LogP contribution in [-0.2, 0) is 0 Å². The Bertz CT molecular complexity index is 996. The van der Waals surface area contributed by atoms with Crippen LogP contribution in [0.2, 0.25) is 0 Å². The second kappa shape index (κ2) is 6.51. The summed E-state index contributed by atoms with van der Waals surface area (Å²) < 4.78 is 5.32. The number of imidazole rings is 1. The van der Waals surface area contributed by atoms with Crippen molar-refractivity contribution in [2.75, 3.05) is 0 Å². The SMILES string of the molecule is CC(C)[C@@H](NC(=O)c1cc(-c2ccco2)[nH]n1)c1nc2ccccc2[nH]1. The number of amides is 1. The molecule has 3 N–H and O–H groups in total. The first-order chi connectivity index (χ1) is 12.6. The summed E-state index contributed by atoms with van der Waals surface area (Å²) in [4.78, 5) is 20.6. The third-order valence-corrected chi connectivity index (χ3v) is 4.25. The van der Waals surface area contributed by atoms with Gasteiger partial charge in [0, 0.05) is 6.07 Å². The summed E-state index contributed by atoms with van der Waals surface area (Å²) in [7, 11) is 0. The van der Waals surface area contributed by atoms with Crippen molar-refractivity contribution in [3.05, 3.63) is 60.2 Å². The number of furan rings is 1. The van der Waals surface area contributed by atoms with Gasteiger partial charge in [-0.2, -0.15) is 5.10 Å². The zero-order valence-electron chi connectivity index (χ0n) is 14.5. The first kappa shape index (κ1) is 16.1. The van der Waals surface area contributed by atoms with Crippen LogP contribution in [0.15, 0.2) is 53.1 Å². The summed E-state index contributed by atoms with van der Waals surface area (Å²) in [5.74, 6) is 1.26. The average Bonchev–Trinajstić information content (AvgIpc) is 3.38.